The van der Waals surface area contributed by atoms with Gasteiger partial charge in [0.1, 0.15) is 0 Å². The van der Waals surface area contributed by atoms with Crippen molar-refractivity contribution in [2.75, 3.05) is 70.9 Å². The number of hydrogen-bond acceptors (Lipinski definition) is 5. The number of piperazine rings is 2. The normalized spacial score (nSPS) is 23.2. The summed E-state index contributed by atoms with van der Waals surface area (Å²) in [6.45, 7) is 7.34. The Morgan fingerprint density at radius 1 is 1.03 bits per heavy atom. The number of anilines is 1. The lowest BCUT2D eigenvalue weighted by Crippen LogP contribution is -2.61. The van der Waals surface area contributed by atoms with Crippen molar-refractivity contribution in [3.63, 3.8) is 0 Å². The maximum atomic E-state index is 13.1. The Labute approximate surface area is 199 Å². The van der Waals surface area contributed by atoms with E-state index < -0.39 is 0 Å². The maximum Gasteiger partial charge on any atom is 0.321 e. The third-order valence-corrected chi connectivity index (χ3v) is 7.20. The van der Waals surface area contributed by atoms with Gasteiger partial charge in [-0.3, -0.25) is 9.69 Å². The number of rotatable bonds is 4. The van der Waals surface area contributed by atoms with Gasteiger partial charge in [-0.25, -0.2) is 4.79 Å². The molecule has 32 heavy (non-hydrogen) atoms. The van der Waals surface area contributed by atoms with E-state index in [-0.39, 0.29) is 18.0 Å². The third kappa shape index (κ3) is 6.05. The van der Waals surface area contributed by atoms with Crippen LogP contribution in [-0.4, -0.2) is 98.3 Å². The lowest BCUT2D eigenvalue weighted by molar-refractivity contribution is -0.136. The van der Waals surface area contributed by atoms with E-state index in [1.54, 1.807) is 23.1 Å². The Balaban J connectivity index is 1.23. The molecule has 0 unspecified atom stereocenters. The van der Waals surface area contributed by atoms with E-state index in [1.807, 2.05) is 4.90 Å². The second-order valence-corrected chi connectivity index (χ2v) is 9.51. The molecule has 0 radical (unpaired) electrons. The number of nitrogens with one attached hydrogen (secondary N) is 2. The summed E-state index contributed by atoms with van der Waals surface area (Å²) in [6.07, 6.45) is 2.21. The minimum Gasteiger partial charge on any atom is -0.381 e. The minimum atomic E-state index is -0.200. The second kappa shape index (κ2) is 11.0. The van der Waals surface area contributed by atoms with Gasteiger partial charge in [-0.1, -0.05) is 23.2 Å². The summed E-state index contributed by atoms with van der Waals surface area (Å²) >= 11 is 11.9. The summed E-state index contributed by atoms with van der Waals surface area (Å²) < 4.78 is 5.46. The average molecular weight is 484 g/mol. The van der Waals surface area contributed by atoms with Crippen molar-refractivity contribution in [2.45, 2.75) is 18.9 Å². The van der Waals surface area contributed by atoms with Crippen LogP contribution in [0.25, 0.3) is 0 Å². The van der Waals surface area contributed by atoms with E-state index in [0.717, 1.165) is 52.2 Å². The fourth-order valence-electron chi connectivity index (χ4n) is 4.56. The van der Waals surface area contributed by atoms with Crippen LogP contribution in [0.5, 0.6) is 0 Å². The van der Waals surface area contributed by atoms with Crippen LogP contribution in [0.2, 0.25) is 10.0 Å². The van der Waals surface area contributed by atoms with Gasteiger partial charge in [-0.2, -0.15) is 0 Å². The molecular formula is C22H31Cl2N5O3. The Morgan fingerprint density at radius 2 is 1.75 bits per heavy atom. The summed E-state index contributed by atoms with van der Waals surface area (Å²) in [4.78, 5) is 31.7. The molecule has 3 heterocycles. The molecule has 0 aliphatic carbocycles. The standard InChI is InChI=1S/C22H31Cl2N5O3/c23-18-2-1-17(13-19(18)24)26-22(31)29-9-7-28(8-10-29)21(30)20-15-27(6-5-25-20)14-16-3-11-32-12-4-16/h1-2,13,16,20,25H,3-12,14-15H2,(H,26,31)/t20-/m1/s1. The van der Waals surface area contributed by atoms with Crippen LogP contribution in [0.15, 0.2) is 18.2 Å². The first-order valence-electron chi connectivity index (χ1n) is 11.3. The van der Waals surface area contributed by atoms with Crippen LogP contribution < -0.4 is 10.6 Å². The fraction of sp³-hybridized carbons (Fsp3) is 0.636. The van der Waals surface area contributed by atoms with Crippen molar-refractivity contribution < 1.29 is 14.3 Å². The first-order valence-corrected chi connectivity index (χ1v) is 12.1. The molecule has 10 heteroatoms. The second-order valence-electron chi connectivity index (χ2n) is 8.69. The number of ether oxygens (including phenoxy) is 1. The van der Waals surface area contributed by atoms with Gasteiger partial charge in [0.25, 0.3) is 0 Å². The summed E-state index contributed by atoms with van der Waals surface area (Å²) in [6, 6.07) is 4.61. The number of nitrogens with zero attached hydrogens (tertiary/aromatic N) is 3. The summed E-state index contributed by atoms with van der Waals surface area (Å²) in [5.41, 5.74) is 0.596. The molecule has 4 rings (SSSR count). The van der Waals surface area contributed by atoms with Gasteiger partial charge >= 0.3 is 6.03 Å². The van der Waals surface area contributed by atoms with Gasteiger partial charge in [-0.05, 0) is 37.0 Å². The number of urea groups is 1. The fourth-order valence-corrected chi connectivity index (χ4v) is 4.86. The molecule has 0 aromatic heterocycles. The molecular weight excluding hydrogens is 453 g/mol. The molecule has 3 fully saturated rings. The van der Waals surface area contributed by atoms with Crippen LogP contribution in [0.1, 0.15) is 12.8 Å². The van der Waals surface area contributed by atoms with E-state index in [2.05, 4.69) is 15.5 Å². The van der Waals surface area contributed by atoms with Crippen molar-refractivity contribution in [1.82, 2.24) is 20.0 Å². The van der Waals surface area contributed by atoms with Crippen LogP contribution in [0, 0.1) is 5.92 Å². The highest BCUT2D eigenvalue weighted by atomic mass is 35.5. The van der Waals surface area contributed by atoms with Gasteiger partial charge in [0, 0.05) is 71.3 Å². The zero-order chi connectivity index (χ0) is 22.5. The van der Waals surface area contributed by atoms with Crippen molar-refractivity contribution in [1.29, 1.82) is 0 Å². The lowest BCUT2D eigenvalue weighted by atomic mass is 9.99. The molecule has 2 N–H and O–H groups in total. The zero-order valence-corrected chi connectivity index (χ0v) is 19.7. The van der Waals surface area contributed by atoms with Gasteiger partial charge in [-0.15, -0.1) is 0 Å². The monoisotopic (exact) mass is 483 g/mol. The van der Waals surface area contributed by atoms with Crippen molar-refractivity contribution >= 4 is 40.8 Å². The Hall–Kier alpha value is -1.58. The summed E-state index contributed by atoms with van der Waals surface area (Å²) in [5.74, 6) is 0.793. The van der Waals surface area contributed by atoms with E-state index in [4.69, 9.17) is 27.9 Å². The van der Waals surface area contributed by atoms with E-state index in [1.165, 1.54) is 0 Å². The van der Waals surface area contributed by atoms with E-state index in [9.17, 15) is 9.59 Å². The average Bonchev–Trinajstić information content (AvgIpc) is 2.82. The molecule has 1 aromatic carbocycles. The van der Waals surface area contributed by atoms with E-state index >= 15 is 0 Å². The largest absolute Gasteiger partial charge is 0.381 e. The molecule has 0 spiro atoms. The predicted molar refractivity (Wildman–Crippen MR) is 125 cm³/mol. The van der Waals surface area contributed by atoms with Gasteiger partial charge in [0.15, 0.2) is 0 Å². The van der Waals surface area contributed by atoms with Crippen LogP contribution in [0.4, 0.5) is 10.5 Å². The number of carbonyl (C=O) groups is 2. The molecule has 3 amide bonds. The van der Waals surface area contributed by atoms with Gasteiger partial charge in [0.05, 0.1) is 16.1 Å². The highest BCUT2D eigenvalue weighted by molar-refractivity contribution is 6.42. The topological polar surface area (TPSA) is 77.2 Å². The SMILES string of the molecule is O=C(Nc1ccc(Cl)c(Cl)c1)N1CCN(C(=O)[C@H]2CN(CC3CCOCC3)CCN2)CC1. The smallest absolute Gasteiger partial charge is 0.321 e. The molecule has 0 saturated carbocycles. The number of carbonyl (C=O) groups excluding carboxylic acids is 2. The lowest BCUT2D eigenvalue weighted by Gasteiger charge is -2.40. The van der Waals surface area contributed by atoms with Crippen molar-refractivity contribution in [3.8, 4) is 0 Å². The molecule has 1 atom stereocenters. The third-order valence-electron chi connectivity index (χ3n) is 6.46. The van der Waals surface area contributed by atoms with Crippen molar-refractivity contribution in [2.24, 2.45) is 5.92 Å². The highest BCUT2D eigenvalue weighted by Gasteiger charge is 2.32. The minimum absolute atomic E-state index is 0.131. The zero-order valence-electron chi connectivity index (χ0n) is 18.2. The quantitative estimate of drug-likeness (QED) is 0.687. The first-order chi connectivity index (χ1) is 15.5. The Bertz CT molecular complexity index is 813. The van der Waals surface area contributed by atoms with Crippen molar-refractivity contribution in [3.05, 3.63) is 28.2 Å². The molecule has 3 saturated heterocycles. The van der Waals surface area contributed by atoms with Crippen LogP contribution in [0.3, 0.4) is 0 Å². The van der Waals surface area contributed by atoms with E-state index in [0.29, 0.717) is 47.8 Å². The molecule has 3 aliphatic heterocycles. The van der Waals surface area contributed by atoms with Gasteiger partial charge in [0.2, 0.25) is 5.91 Å². The summed E-state index contributed by atoms with van der Waals surface area (Å²) in [5, 5.41) is 7.07. The Morgan fingerprint density at radius 3 is 2.47 bits per heavy atom. The molecule has 1 aromatic rings. The molecule has 3 aliphatic rings. The first kappa shape index (κ1) is 23.6. The van der Waals surface area contributed by atoms with Crippen LogP contribution in [-0.2, 0) is 9.53 Å². The predicted octanol–water partition coefficient (Wildman–Crippen LogP) is 2.37. The number of halogens is 2. The Kier molecular flexibility index (Phi) is 8.12. The van der Waals surface area contributed by atoms with Crippen LogP contribution >= 0.6 is 23.2 Å². The summed E-state index contributed by atoms with van der Waals surface area (Å²) in [7, 11) is 0. The number of benzene rings is 1. The maximum absolute atomic E-state index is 13.1. The number of hydrogen-bond donors (Lipinski definition) is 2. The number of amides is 3. The van der Waals surface area contributed by atoms with Gasteiger partial charge < -0.3 is 25.2 Å². The molecule has 8 nitrogen and oxygen atoms in total. The molecule has 176 valence electrons. The molecule has 0 bridgehead atoms. The highest BCUT2D eigenvalue weighted by Crippen LogP contribution is 2.25.